The van der Waals surface area contributed by atoms with Gasteiger partial charge in [-0.1, -0.05) is 24.6 Å². The van der Waals surface area contributed by atoms with E-state index in [1.54, 1.807) is 0 Å². The number of hydrogen-bond donors (Lipinski definition) is 2. The Balaban J connectivity index is 1.44. The molecular formula is C17H24N2O. The first-order valence-corrected chi connectivity index (χ1v) is 7.80. The highest BCUT2D eigenvalue weighted by Crippen LogP contribution is 2.49. The van der Waals surface area contributed by atoms with Gasteiger partial charge in [-0.05, 0) is 56.1 Å². The molecule has 0 radical (unpaired) electrons. The van der Waals surface area contributed by atoms with Crippen molar-refractivity contribution in [2.24, 2.45) is 17.8 Å². The Hall–Kier alpha value is -1.35. The third kappa shape index (κ3) is 3.04. The largest absolute Gasteiger partial charge is 0.325 e. The van der Waals surface area contributed by atoms with Crippen molar-refractivity contribution < 1.29 is 4.79 Å². The summed E-state index contributed by atoms with van der Waals surface area (Å²) in [4.78, 5) is 11.9. The van der Waals surface area contributed by atoms with Crippen molar-refractivity contribution >= 4 is 11.6 Å². The Kier molecular flexibility index (Phi) is 4.06. The van der Waals surface area contributed by atoms with Crippen molar-refractivity contribution in [1.29, 1.82) is 0 Å². The van der Waals surface area contributed by atoms with Gasteiger partial charge in [0.05, 0.1) is 6.54 Å². The zero-order valence-corrected chi connectivity index (χ0v) is 12.1. The molecule has 1 amide bonds. The predicted molar refractivity (Wildman–Crippen MR) is 81.5 cm³/mol. The quantitative estimate of drug-likeness (QED) is 0.865. The van der Waals surface area contributed by atoms with Crippen LogP contribution in [0.2, 0.25) is 0 Å². The molecule has 0 aliphatic heterocycles. The normalized spacial score (nSPS) is 29.4. The van der Waals surface area contributed by atoms with Crippen LogP contribution >= 0.6 is 0 Å². The van der Waals surface area contributed by atoms with Gasteiger partial charge in [-0.15, -0.1) is 0 Å². The molecule has 2 aliphatic carbocycles. The van der Waals surface area contributed by atoms with E-state index in [0.717, 1.165) is 23.4 Å². The number of amides is 1. The molecule has 3 heteroatoms. The van der Waals surface area contributed by atoms with Crippen molar-refractivity contribution in [3.8, 4) is 0 Å². The maximum atomic E-state index is 11.9. The first-order chi connectivity index (χ1) is 9.72. The molecule has 2 bridgehead atoms. The van der Waals surface area contributed by atoms with Crippen LogP contribution in [0.3, 0.4) is 0 Å². The molecule has 0 heterocycles. The fraction of sp³-hybridized carbons (Fsp3) is 0.588. The van der Waals surface area contributed by atoms with E-state index in [2.05, 4.69) is 17.6 Å². The Bertz CT molecular complexity index is 459. The molecule has 4 atom stereocenters. The lowest BCUT2D eigenvalue weighted by Gasteiger charge is -2.28. The number of carbonyl (C=O) groups excluding carboxylic acids is 1. The van der Waals surface area contributed by atoms with Gasteiger partial charge >= 0.3 is 0 Å². The summed E-state index contributed by atoms with van der Waals surface area (Å²) < 4.78 is 0. The summed E-state index contributed by atoms with van der Waals surface area (Å²) in [6.07, 6.45) is 5.62. The Labute approximate surface area is 121 Å². The van der Waals surface area contributed by atoms with Gasteiger partial charge in [0.2, 0.25) is 5.91 Å². The summed E-state index contributed by atoms with van der Waals surface area (Å²) in [7, 11) is 0. The molecule has 1 aromatic carbocycles. The second-order valence-electron chi connectivity index (χ2n) is 6.42. The van der Waals surface area contributed by atoms with Gasteiger partial charge in [-0.2, -0.15) is 0 Å². The van der Waals surface area contributed by atoms with E-state index < -0.39 is 0 Å². The summed E-state index contributed by atoms with van der Waals surface area (Å²) in [6.45, 7) is 2.64. The lowest BCUT2D eigenvalue weighted by molar-refractivity contribution is -0.115. The predicted octanol–water partition coefficient (Wildman–Crippen LogP) is 3.04. The van der Waals surface area contributed by atoms with Crippen LogP contribution in [0.25, 0.3) is 0 Å². The zero-order chi connectivity index (χ0) is 13.9. The minimum atomic E-state index is 0.0474. The molecule has 20 heavy (non-hydrogen) atoms. The van der Waals surface area contributed by atoms with Gasteiger partial charge in [0, 0.05) is 11.7 Å². The highest BCUT2D eigenvalue weighted by atomic mass is 16.1. The smallest absolute Gasteiger partial charge is 0.238 e. The number of benzene rings is 1. The average molecular weight is 272 g/mol. The van der Waals surface area contributed by atoms with E-state index in [0.29, 0.717) is 12.6 Å². The fourth-order valence-electron chi connectivity index (χ4n) is 4.04. The van der Waals surface area contributed by atoms with E-state index in [-0.39, 0.29) is 5.91 Å². The molecule has 2 N–H and O–H groups in total. The monoisotopic (exact) mass is 272 g/mol. The first kappa shape index (κ1) is 13.6. The number of fused-ring (bicyclic) bond motifs is 2. The SMILES string of the molecule is CC(NCC(=O)Nc1ccccc1)C1CC2CCC1C2. The average Bonchev–Trinajstić information content (AvgIpc) is 3.08. The van der Waals surface area contributed by atoms with E-state index in [4.69, 9.17) is 0 Å². The molecule has 2 fully saturated rings. The lowest BCUT2D eigenvalue weighted by atomic mass is 9.84. The molecule has 0 saturated heterocycles. The molecule has 0 spiro atoms. The standard InChI is InChI=1S/C17H24N2O/c1-12(16-10-13-7-8-14(16)9-13)18-11-17(20)19-15-5-3-2-4-6-15/h2-6,12-14,16,18H,7-11H2,1H3,(H,19,20). The summed E-state index contributed by atoms with van der Waals surface area (Å²) in [6, 6.07) is 10.1. The van der Waals surface area contributed by atoms with Crippen molar-refractivity contribution in [1.82, 2.24) is 5.32 Å². The Morgan fingerprint density at radius 2 is 2.05 bits per heavy atom. The van der Waals surface area contributed by atoms with E-state index >= 15 is 0 Å². The topological polar surface area (TPSA) is 41.1 Å². The molecule has 2 saturated carbocycles. The van der Waals surface area contributed by atoms with Gasteiger partial charge in [0.15, 0.2) is 0 Å². The van der Waals surface area contributed by atoms with Gasteiger partial charge in [0.25, 0.3) is 0 Å². The van der Waals surface area contributed by atoms with Crippen molar-refractivity contribution in [2.75, 3.05) is 11.9 Å². The number of anilines is 1. The molecule has 3 nitrogen and oxygen atoms in total. The number of rotatable bonds is 5. The maximum absolute atomic E-state index is 11.9. The minimum absolute atomic E-state index is 0.0474. The summed E-state index contributed by atoms with van der Waals surface area (Å²) >= 11 is 0. The van der Waals surface area contributed by atoms with Crippen molar-refractivity contribution in [3.63, 3.8) is 0 Å². The number of para-hydroxylation sites is 1. The molecular weight excluding hydrogens is 248 g/mol. The second kappa shape index (κ2) is 5.96. The Morgan fingerprint density at radius 3 is 2.70 bits per heavy atom. The fourth-order valence-corrected chi connectivity index (χ4v) is 4.04. The van der Waals surface area contributed by atoms with Crippen LogP contribution in [0.4, 0.5) is 5.69 Å². The van der Waals surface area contributed by atoms with E-state index in [1.165, 1.54) is 25.7 Å². The third-order valence-electron chi connectivity index (χ3n) is 5.08. The number of nitrogens with one attached hydrogen (secondary N) is 2. The van der Waals surface area contributed by atoms with Crippen LogP contribution < -0.4 is 10.6 Å². The van der Waals surface area contributed by atoms with Crippen LogP contribution in [0, 0.1) is 17.8 Å². The zero-order valence-electron chi connectivity index (χ0n) is 12.1. The lowest BCUT2D eigenvalue weighted by Crippen LogP contribution is -2.40. The summed E-state index contributed by atoms with van der Waals surface area (Å²) in [5.41, 5.74) is 0.867. The molecule has 0 aromatic heterocycles. The van der Waals surface area contributed by atoms with Gasteiger partial charge in [0.1, 0.15) is 0 Å². The van der Waals surface area contributed by atoms with Gasteiger partial charge in [-0.25, -0.2) is 0 Å². The Morgan fingerprint density at radius 1 is 1.25 bits per heavy atom. The van der Waals surface area contributed by atoms with Crippen LogP contribution in [-0.4, -0.2) is 18.5 Å². The summed E-state index contributed by atoms with van der Waals surface area (Å²) in [5.74, 6) is 2.69. The first-order valence-electron chi connectivity index (χ1n) is 7.80. The van der Waals surface area contributed by atoms with Gasteiger partial charge in [-0.3, -0.25) is 4.79 Å². The van der Waals surface area contributed by atoms with Crippen molar-refractivity contribution in [2.45, 2.75) is 38.6 Å². The van der Waals surface area contributed by atoms with E-state index in [1.807, 2.05) is 30.3 Å². The number of carbonyl (C=O) groups is 1. The van der Waals surface area contributed by atoms with E-state index in [9.17, 15) is 4.79 Å². The van der Waals surface area contributed by atoms with Crippen LogP contribution in [0.5, 0.6) is 0 Å². The summed E-state index contributed by atoms with van der Waals surface area (Å²) in [5, 5.41) is 6.34. The highest BCUT2D eigenvalue weighted by molar-refractivity contribution is 5.92. The number of hydrogen-bond acceptors (Lipinski definition) is 2. The van der Waals surface area contributed by atoms with Crippen LogP contribution in [0.15, 0.2) is 30.3 Å². The highest BCUT2D eigenvalue weighted by Gasteiger charge is 2.41. The molecule has 2 aliphatic rings. The third-order valence-corrected chi connectivity index (χ3v) is 5.08. The maximum Gasteiger partial charge on any atom is 0.238 e. The van der Waals surface area contributed by atoms with Crippen LogP contribution in [0.1, 0.15) is 32.6 Å². The molecule has 3 rings (SSSR count). The van der Waals surface area contributed by atoms with Crippen LogP contribution in [-0.2, 0) is 4.79 Å². The minimum Gasteiger partial charge on any atom is -0.325 e. The van der Waals surface area contributed by atoms with Crippen molar-refractivity contribution in [3.05, 3.63) is 30.3 Å². The molecule has 4 unspecified atom stereocenters. The molecule has 108 valence electrons. The van der Waals surface area contributed by atoms with Gasteiger partial charge < -0.3 is 10.6 Å². The second-order valence-corrected chi connectivity index (χ2v) is 6.42. The molecule has 1 aromatic rings.